The Balaban J connectivity index is 1.84. The molecule has 0 bridgehead atoms. The number of anilines is 1. The number of hydrogen-bond acceptors (Lipinski definition) is 3. The maximum atomic E-state index is 6.07. The van der Waals surface area contributed by atoms with Crippen molar-refractivity contribution in [2.24, 2.45) is 0 Å². The molecule has 4 heteroatoms. The van der Waals surface area contributed by atoms with Crippen LogP contribution in [0.5, 0.6) is 0 Å². The lowest BCUT2D eigenvalue weighted by atomic mass is 10.1. The number of aromatic nitrogens is 3. The highest BCUT2D eigenvalue weighted by Gasteiger charge is 2.14. The number of nitrogens with zero attached hydrogens (tertiary/aromatic N) is 3. The molecule has 0 amide bonds. The Morgan fingerprint density at radius 3 is 2.81 bits per heavy atom. The van der Waals surface area contributed by atoms with Crippen LogP contribution in [-0.2, 0) is 12.8 Å². The van der Waals surface area contributed by atoms with Crippen molar-refractivity contribution in [2.75, 3.05) is 5.73 Å². The number of hydrogen-bond donors (Lipinski definition) is 1. The number of imidazole rings is 1. The van der Waals surface area contributed by atoms with Crippen LogP contribution in [-0.4, -0.2) is 14.5 Å². The first-order valence-electron chi connectivity index (χ1n) is 7.17. The van der Waals surface area contributed by atoms with Crippen molar-refractivity contribution in [3.05, 3.63) is 60.3 Å². The third kappa shape index (κ3) is 2.00. The Bertz CT molecular complexity index is 804. The molecule has 104 valence electrons. The first-order valence-corrected chi connectivity index (χ1v) is 7.17. The van der Waals surface area contributed by atoms with Crippen LogP contribution in [0.15, 0.2) is 49.2 Å². The average molecular weight is 276 g/mol. The number of fused-ring (bicyclic) bond motifs is 1. The SMILES string of the molecule is Nc1ccncc1-c1cncn1-c1ccc2c(c1)CCC2. The van der Waals surface area contributed by atoms with E-state index in [1.807, 2.05) is 18.6 Å². The quantitative estimate of drug-likeness (QED) is 0.782. The van der Waals surface area contributed by atoms with Crippen LogP contribution in [0.1, 0.15) is 17.5 Å². The second-order valence-electron chi connectivity index (χ2n) is 5.42. The van der Waals surface area contributed by atoms with Crippen molar-refractivity contribution in [2.45, 2.75) is 19.3 Å². The molecular formula is C17H16N4. The van der Waals surface area contributed by atoms with Crippen LogP contribution in [0.3, 0.4) is 0 Å². The van der Waals surface area contributed by atoms with Gasteiger partial charge in [-0.15, -0.1) is 0 Å². The largest absolute Gasteiger partial charge is 0.398 e. The predicted octanol–water partition coefficient (Wildman–Crippen LogP) is 3.01. The van der Waals surface area contributed by atoms with Gasteiger partial charge in [-0.3, -0.25) is 9.55 Å². The molecule has 0 aliphatic heterocycles. The summed E-state index contributed by atoms with van der Waals surface area (Å²) in [6.07, 6.45) is 10.8. The normalized spacial score (nSPS) is 13.3. The van der Waals surface area contributed by atoms with Crippen LogP contribution in [0.4, 0.5) is 5.69 Å². The van der Waals surface area contributed by atoms with Crippen LogP contribution in [0.25, 0.3) is 16.9 Å². The van der Waals surface area contributed by atoms with E-state index in [0.717, 1.165) is 16.9 Å². The lowest BCUT2D eigenvalue weighted by Gasteiger charge is -2.11. The van der Waals surface area contributed by atoms with E-state index >= 15 is 0 Å². The third-order valence-corrected chi connectivity index (χ3v) is 4.13. The van der Waals surface area contributed by atoms with Gasteiger partial charge in [0.05, 0.1) is 18.2 Å². The summed E-state index contributed by atoms with van der Waals surface area (Å²) in [5.74, 6) is 0. The summed E-state index contributed by atoms with van der Waals surface area (Å²) in [7, 11) is 0. The zero-order valence-corrected chi connectivity index (χ0v) is 11.7. The van der Waals surface area contributed by atoms with Gasteiger partial charge in [0.2, 0.25) is 0 Å². The summed E-state index contributed by atoms with van der Waals surface area (Å²) in [6, 6.07) is 8.46. The Morgan fingerprint density at radius 2 is 1.90 bits per heavy atom. The third-order valence-electron chi connectivity index (χ3n) is 4.13. The van der Waals surface area contributed by atoms with E-state index in [1.54, 1.807) is 12.4 Å². The molecule has 0 unspecified atom stereocenters. The van der Waals surface area contributed by atoms with Crippen molar-refractivity contribution < 1.29 is 0 Å². The van der Waals surface area contributed by atoms with Gasteiger partial charge in [-0.05, 0) is 48.6 Å². The molecule has 1 aromatic carbocycles. The maximum absolute atomic E-state index is 6.07. The van der Waals surface area contributed by atoms with E-state index in [2.05, 4.69) is 32.7 Å². The van der Waals surface area contributed by atoms with Gasteiger partial charge in [0.25, 0.3) is 0 Å². The topological polar surface area (TPSA) is 56.7 Å². The summed E-state index contributed by atoms with van der Waals surface area (Å²) in [6.45, 7) is 0. The number of rotatable bonds is 2. The molecule has 3 aromatic rings. The molecular weight excluding hydrogens is 260 g/mol. The summed E-state index contributed by atoms with van der Waals surface area (Å²) in [4.78, 5) is 8.46. The van der Waals surface area contributed by atoms with E-state index in [-0.39, 0.29) is 0 Å². The van der Waals surface area contributed by atoms with Crippen molar-refractivity contribution in [1.29, 1.82) is 0 Å². The van der Waals surface area contributed by atoms with Crippen molar-refractivity contribution in [3.63, 3.8) is 0 Å². The van der Waals surface area contributed by atoms with E-state index in [4.69, 9.17) is 5.73 Å². The fraction of sp³-hybridized carbons (Fsp3) is 0.176. The summed E-state index contributed by atoms with van der Waals surface area (Å²) < 4.78 is 2.08. The van der Waals surface area contributed by atoms with Gasteiger partial charge >= 0.3 is 0 Å². The number of pyridine rings is 1. The van der Waals surface area contributed by atoms with Gasteiger partial charge in [-0.2, -0.15) is 0 Å². The van der Waals surface area contributed by atoms with E-state index in [0.29, 0.717) is 5.69 Å². The van der Waals surface area contributed by atoms with Crippen LogP contribution >= 0.6 is 0 Å². The number of nitrogens with two attached hydrogens (primary N) is 1. The molecule has 2 N–H and O–H groups in total. The minimum Gasteiger partial charge on any atom is -0.398 e. The minimum absolute atomic E-state index is 0.716. The van der Waals surface area contributed by atoms with Crippen molar-refractivity contribution in [1.82, 2.24) is 14.5 Å². The van der Waals surface area contributed by atoms with Gasteiger partial charge in [0.15, 0.2) is 0 Å². The van der Waals surface area contributed by atoms with Crippen LogP contribution < -0.4 is 5.73 Å². The molecule has 21 heavy (non-hydrogen) atoms. The second-order valence-corrected chi connectivity index (χ2v) is 5.42. The molecule has 0 radical (unpaired) electrons. The van der Waals surface area contributed by atoms with Crippen molar-refractivity contribution >= 4 is 5.69 Å². The van der Waals surface area contributed by atoms with Gasteiger partial charge in [0, 0.05) is 29.3 Å². The molecule has 0 atom stereocenters. The number of nitrogen functional groups attached to an aromatic ring is 1. The molecule has 1 aliphatic rings. The Labute approximate surface area is 123 Å². The summed E-state index contributed by atoms with van der Waals surface area (Å²) in [5, 5.41) is 0. The van der Waals surface area contributed by atoms with E-state index in [9.17, 15) is 0 Å². The minimum atomic E-state index is 0.716. The lowest BCUT2D eigenvalue weighted by molar-refractivity contribution is 0.911. The maximum Gasteiger partial charge on any atom is 0.0997 e. The zero-order chi connectivity index (χ0) is 14.2. The van der Waals surface area contributed by atoms with Gasteiger partial charge in [0.1, 0.15) is 0 Å². The molecule has 4 rings (SSSR count). The fourth-order valence-corrected chi connectivity index (χ4v) is 3.03. The lowest BCUT2D eigenvalue weighted by Crippen LogP contribution is -1.99. The smallest absolute Gasteiger partial charge is 0.0997 e. The molecule has 2 aromatic heterocycles. The number of benzene rings is 1. The predicted molar refractivity (Wildman–Crippen MR) is 83.2 cm³/mol. The fourth-order valence-electron chi connectivity index (χ4n) is 3.03. The Kier molecular flexibility index (Phi) is 2.74. The summed E-state index contributed by atoms with van der Waals surface area (Å²) in [5.41, 5.74) is 12.7. The number of aryl methyl sites for hydroxylation is 2. The van der Waals surface area contributed by atoms with Gasteiger partial charge in [-0.25, -0.2) is 4.98 Å². The second kappa shape index (κ2) is 4.74. The highest BCUT2D eigenvalue weighted by molar-refractivity contribution is 5.73. The molecule has 0 saturated carbocycles. The molecule has 0 fully saturated rings. The molecule has 0 spiro atoms. The molecule has 1 aliphatic carbocycles. The van der Waals surface area contributed by atoms with E-state index < -0.39 is 0 Å². The van der Waals surface area contributed by atoms with Crippen LogP contribution in [0, 0.1) is 0 Å². The van der Waals surface area contributed by atoms with Crippen molar-refractivity contribution in [3.8, 4) is 16.9 Å². The first kappa shape index (κ1) is 12.1. The zero-order valence-electron chi connectivity index (χ0n) is 11.7. The Hall–Kier alpha value is -2.62. The average Bonchev–Trinajstić information content (AvgIpc) is 3.15. The van der Waals surface area contributed by atoms with Crippen LogP contribution in [0.2, 0.25) is 0 Å². The molecule has 2 heterocycles. The standard InChI is InChI=1S/C17H16N4/c18-16-6-7-19-9-15(16)17-10-20-11-21(17)14-5-4-12-2-1-3-13(12)8-14/h4-11H,1-3H2,(H2,18,19). The van der Waals surface area contributed by atoms with E-state index in [1.165, 1.54) is 30.4 Å². The highest BCUT2D eigenvalue weighted by atomic mass is 15.1. The highest BCUT2D eigenvalue weighted by Crippen LogP contribution is 2.29. The first-order chi connectivity index (χ1) is 10.3. The van der Waals surface area contributed by atoms with Gasteiger partial charge in [-0.1, -0.05) is 6.07 Å². The Morgan fingerprint density at radius 1 is 1.00 bits per heavy atom. The molecule has 4 nitrogen and oxygen atoms in total. The summed E-state index contributed by atoms with van der Waals surface area (Å²) >= 11 is 0. The molecule has 0 saturated heterocycles. The van der Waals surface area contributed by atoms with Gasteiger partial charge < -0.3 is 5.73 Å². The monoisotopic (exact) mass is 276 g/mol.